The van der Waals surface area contributed by atoms with Crippen LogP contribution in [0, 0.1) is 0 Å². The van der Waals surface area contributed by atoms with E-state index in [-0.39, 0.29) is 17.5 Å². The van der Waals surface area contributed by atoms with E-state index in [0.29, 0.717) is 6.54 Å². The first-order chi connectivity index (χ1) is 9.05. The average Bonchev–Trinajstić information content (AvgIpc) is 2.89. The van der Waals surface area contributed by atoms with Crippen molar-refractivity contribution in [3.63, 3.8) is 0 Å². The summed E-state index contributed by atoms with van der Waals surface area (Å²) in [5.74, 6) is 0. The highest BCUT2D eigenvalue weighted by atomic mass is 32.2. The van der Waals surface area contributed by atoms with Crippen molar-refractivity contribution in [3.05, 3.63) is 12.4 Å². The third-order valence-corrected chi connectivity index (χ3v) is 5.57. The molecular formula is C12H21N3O3S. The number of rotatable bonds is 5. The summed E-state index contributed by atoms with van der Waals surface area (Å²) in [6.07, 6.45) is 8.07. The van der Waals surface area contributed by atoms with E-state index in [1.807, 2.05) is 0 Å². The van der Waals surface area contributed by atoms with Crippen LogP contribution in [0.3, 0.4) is 0 Å². The van der Waals surface area contributed by atoms with Crippen molar-refractivity contribution in [3.8, 4) is 0 Å². The van der Waals surface area contributed by atoms with E-state index in [4.69, 9.17) is 5.11 Å². The Hall–Kier alpha value is -0.920. The van der Waals surface area contributed by atoms with Gasteiger partial charge in [-0.05, 0) is 12.8 Å². The minimum Gasteiger partial charge on any atom is -0.394 e. The molecule has 0 bridgehead atoms. The first-order valence-corrected chi connectivity index (χ1v) is 8.11. The minimum absolute atomic E-state index is 0.0559. The number of nitrogens with zero attached hydrogens (tertiary/aromatic N) is 3. The molecule has 0 amide bonds. The molecule has 1 aromatic heterocycles. The zero-order valence-electron chi connectivity index (χ0n) is 11.2. The second-order valence-electron chi connectivity index (χ2n) is 4.98. The fourth-order valence-corrected chi connectivity index (χ4v) is 3.88. The third-order valence-electron chi connectivity index (χ3n) is 3.70. The molecular weight excluding hydrogens is 266 g/mol. The molecule has 1 aliphatic rings. The van der Waals surface area contributed by atoms with Crippen LogP contribution in [-0.2, 0) is 16.6 Å². The topological polar surface area (TPSA) is 75.4 Å². The Bertz CT molecular complexity index is 506. The van der Waals surface area contributed by atoms with Gasteiger partial charge in [-0.3, -0.25) is 4.68 Å². The molecule has 1 N–H and O–H groups in total. The van der Waals surface area contributed by atoms with Crippen LogP contribution in [0.15, 0.2) is 17.3 Å². The number of aliphatic hydroxyl groups excluding tert-OH is 1. The fraction of sp³-hybridized carbons (Fsp3) is 0.750. The summed E-state index contributed by atoms with van der Waals surface area (Å²) in [5.41, 5.74) is 0. The van der Waals surface area contributed by atoms with Crippen LogP contribution in [0.5, 0.6) is 0 Å². The lowest BCUT2D eigenvalue weighted by atomic mass is 9.96. The van der Waals surface area contributed by atoms with Gasteiger partial charge in [0.2, 0.25) is 10.0 Å². The van der Waals surface area contributed by atoms with Gasteiger partial charge < -0.3 is 5.11 Å². The largest absolute Gasteiger partial charge is 0.394 e. The van der Waals surface area contributed by atoms with E-state index in [0.717, 1.165) is 25.7 Å². The highest BCUT2D eigenvalue weighted by molar-refractivity contribution is 7.89. The lowest BCUT2D eigenvalue weighted by molar-refractivity contribution is 0.269. The van der Waals surface area contributed by atoms with Crippen LogP contribution in [0.2, 0.25) is 0 Å². The number of aliphatic hydroxyl groups is 1. The lowest BCUT2D eigenvalue weighted by Gasteiger charge is -2.29. The molecule has 1 saturated carbocycles. The first-order valence-electron chi connectivity index (χ1n) is 6.67. The van der Waals surface area contributed by atoms with Gasteiger partial charge in [0.25, 0.3) is 0 Å². The van der Waals surface area contributed by atoms with Crippen LogP contribution in [0.4, 0.5) is 0 Å². The number of aromatic nitrogens is 2. The Morgan fingerprint density at radius 3 is 2.74 bits per heavy atom. The number of hydrogen-bond donors (Lipinski definition) is 1. The van der Waals surface area contributed by atoms with E-state index in [1.54, 1.807) is 7.05 Å². The molecule has 7 heteroatoms. The molecule has 1 heterocycles. The molecule has 0 saturated heterocycles. The molecule has 0 unspecified atom stereocenters. The first kappa shape index (κ1) is 14.5. The van der Waals surface area contributed by atoms with E-state index < -0.39 is 10.0 Å². The lowest BCUT2D eigenvalue weighted by Crippen LogP contribution is -2.38. The standard InChI is InChI=1S/C12H21N3O3S/c1-14(11-5-3-2-4-6-11)19(17,18)12-9-13-15(10-12)7-8-16/h9-11,16H,2-8H2,1H3. The zero-order chi connectivity index (χ0) is 13.9. The predicted octanol–water partition coefficient (Wildman–Crippen LogP) is 0.829. The average molecular weight is 287 g/mol. The van der Waals surface area contributed by atoms with Crippen molar-refractivity contribution < 1.29 is 13.5 Å². The number of hydrogen-bond acceptors (Lipinski definition) is 4. The van der Waals surface area contributed by atoms with Crippen LogP contribution in [0.1, 0.15) is 32.1 Å². The summed E-state index contributed by atoms with van der Waals surface area (Å²) in [7, 11) is -1.82. The zero-order valence-corrected chi connectivity index (χ0v) is 12.0. The Morgan fingerprint density at radius 2 is 2.11 bits per heavy atom. The van der Waals surface area contributed by atoms with E-state index >= 15 is 0 Å². The molecule has 2 rings (SSSR count). The highest BCUT2D eigenvalue weighted by Crippen LogP contribution is 2.26. The molecule has 1 fully saturated rings. The minimum atomic E-state index is -3.47. The van der Waals surface area contributed by atoms with E-state index in [1.165, 1.54) is 27.8 Å². The molecule has 1 aliphatic carbocycles. The van der Waals surface area contributed by atoms with Gasteiger partial charge in [-0.15, -0.1) is 0 Å². The van der Waals surface area contributed by atoms with E-state index in [9.17, 15) is 8.42 Å². The van der Waals surface area contributed by atoms with Crippen molar-refractivity contribution in [1.29, 1.82) is 0 Å². The van der Waals surface area contributed by atoms with Gasteiger partial charge in [-0.1, -0.05) is 19.3 Å². The summed E-state index contributed by atoms with van der Waals surface area (Å²) >= 11 is 0. The van der Waals surface area contributed by atoms with Gasteiger partial charge in [-0.2, -0.15) is 9.40 Å². The monoisotopic (exact) mass is 287 g/mol. The molecule has 108 valence electrons. The van der Waals surface area contributed by atoms with Crippen LogP contribution >= 0.6 is 0 Å². The molecule has 0 radical (unpaired) electrons. The molecule has 0 spiro atoms. The van der Waals surface area contributed by atoms with Crippen LogP contribution < -0.4 is 0 Å². The Labute approximate surface area is 114 Å². The van der Waals surface area contributed by atoms with Gasteiger partial charge in [0, 0.05) is 19.3 Å². The maximum absolute atomic E-state index is 12.5. The van der Waals surface area contributed by atoms with Gasteiger partial charge in [0.05, 0.1) is 19.3 Å². The fourth-order valence-electron chi connectivity index (χ4n) is 2.51. The maximum atomic E-state index is 12.5. The SMILES string of the molecule is CN(C1CCCCC1)S(=O)(=O)c1cnn(CCO)c1. The van der Waals surface area contributed by atoms with Crippen LogP contribution in [0.25, 0.3) is 0 Å². The van der Waals surface area contributed by atoms with Gasteiger partial charge in [-0.25, -0.2) is 8.42 Å². The normalized spacial score (nSPS) is 18.1. The third kappa shape index (κ3) is 3.16. The second kappa shape index (κ2) is 6.02. The maximum Gasteiger partial charge on any atom is 0.246 e. The summed E-state index contributed by atoms with van der Waals surface area (Å²) in [6.45, 7) is 0.252. The molecule has 0 atom stereocenters. The van der Waals surface area contributed by atoms with Crippen LogP contribution in [-0.4, -0.2) is 47.3 Å². The molecule has 6 nitrogen and oxygen atoms in total. The Balaban J connectivity index is 2.15. The van der Waals surface area contributed by atoms with E-state index in [2.05, 4.69) is 5.10 Å². The summed E-state index contributed by atoms with van der Waals surface area (Å²) in [5, 5.41) is 12.8. The number of sulfonamides is 1. The molecule has 19 heavy (non-hydrogen) atoms. The van der Waals surface area contributed by atoms with Crippen molar-refractivity contribution in [1.82, 2.24) is 14.1 Å². The summed E-state index contributed by atoms with van der Waals surface area (Å²) in [4.78, 5) is 0.203. The summed E-state index contributed by atoms with van der Waals surface area (Å²) in [6, 6.07) is 0.0972. The molecule has 1 aromatic rings. The van der Waals surface area contributed by atoms with Gasteiger partial charge in [0.1, 0.15) is 4.90 Å². The van der Waals surface area contributed by atoms with Crippen molar-refractivity contribution >= 4 is 10.0 Å². The Morgan fingerprint density at radius 1 is 1.42 bits per heavy atom. The highest BCUT2D eigenvalue weighted by Gasteiger charge is 2.29. The smallest absolute Gasteiger partial charge is 0.246 e. The predicted molar refractivity (Wildman–Crippen MR) is 71.1 cm³/mol. The van der Waals surface area contributed by atoms with Crippen molar-refractivity contribution in [2.75, 3.05) is 13.7 Å². The molecule has 0 aromatic carbocycles. The van der Waals surface area contributed by atoms with Crippen molar-refractivity contribution in [2.24, 2.45) is 0 Å². The van der Waals surface area contributed by atoms with Gasteiger partial charge >= 0.3 is 0 Å². The molecule has 0 aliphatic heterocycles. The Kier molecular flexibility index (Phi) is 4.59. The summed E-state index contributed by atoms with van der Waals surface area (Å²) < 4.78 is 27.8. The van der Waals surface area contributed by atoms with Crippen molar-refractivity contribution in [2.45, 2.75) is 49.6 Å². The quantitative estimate of drug-likeness (QED) is 0.870. The second-order valence-corrected chi connectivity index (χ2v) is 6.97. The van der Waals surface area contributed by atoms with Gasteiger partial charge in [0.15, 0.2) is 0 Å².